The number of thiophene rings is 1. The highest BCUT2D eigenvalue weighted by Gasteiger charge is 2.15. The summed E-state index contributed by atoms with van der Waals surface area (Å²) in [7, 11) is 0. The zero-order valence-corrected chi connectivity index (χ0v) is 8.15. The predicted molar refractivity (Wildman–Crippen MR) is 51.2 cm³/mol. The Balaban J connectivity index is 2.45. The topological polar surface area (TPSA) is 17.1 Å². The van der Waals surface area contributed by atoms with Gasteiger partial charge in [-0.1, -0.05) is 0 Å². The van der Waals surface area contributed by atoms with E-state index >= 15 is 0 Å². The van der Waals surface area contributed by atoms with Gasteiger partial charge in [-0.25, -0.2) is 0 Å². The normalized spacial score (nSPS) is 16.0. The Kier molecular flexibility index (Phi) is 2.25. The quantitative estimate of drug-likeness (QED) is 0.652. The first kappa shape index (κ1) is 7.71. The van der Waals surface area contributed by atoms with Crippen LogP contribution in [0.1, 0.15) is 9.67 Å². The summed E-state index contributed by atoms with van der Waals surface area (Å²) in [5.74, 6) is 2.31. The fraction of sp³-hybridized carbons (Fsp3) is 0.286. The minimum Gasteiger partial charge on any atom is -0.297 e. The summed E-state index contributed by atoms with van der Waals surface area (Å²) in [4.78, 5) is 13.9. The van der Waals surface area contributed by atoms with E-state index in [0.29, 0.717) is 0 Å². The summed E-state index contributed by atoms with van der Waals surface area (Å²) in [6, 6.07) is 0. The molecule has 0 N–H and O–H groups in total. The molecular weight excluding hydrogens is 196 g/mol. The van der Waals surface area contributed by atoms with Crippen molar-refractivity contribution < 1.29 is 4.79 Å². The van der Waals surface area contributed by atoms with Crippen LogP contribution in [-0.4, -0.2) is 17.8 Å². The summed E-state index contributed by atoms with van der Waals surface area (Å²) in [5, 5.41) is 2.08. The Labute approximate surface area is 77.6 Å². The van der Waals surface area contributed by atoms with Crippen LogP contribution in [0.3, 0.4) is 0 Å². The largest absolute Gasteiger partial charge is 0.297 e. The fourth-order valence-corrected chi connectivity index (χ4v) is 4.54. The van der Waals surface area contributed by atoms with E-state index in [9.17, 15) is 4.79 Å². The lowest BCUT2D eigenvalue weighted by atomic mass is 10.5. The molecular formula is C7H6OS3. The minimum atomic E-state index is 0.900. The molecule has 1 aliphatic heterocycles. The van der Waals surface area contributed by atoms with Gasteiger partial charge in [-0.2, -0.15) is 0 Å². The van der Waals surface area contributed by atoms with Crippen molar-refractivity contribution in [3.63, 3.8) is 0 Å². The van der Waals surface area contributed by atoms with Crippen LogP contribution in [0.2, 0.25) is 0 Å². The Bertz CT molecular complexity index is 279. The molecule has 1 aromatic rings. The highest BCUT2D eigenvalue weighted by molar-refractivity contribution is 8.05. The second-order valence-corrected chi connectivity index (χ2v) is 5.26. The van der Waals surface area contributed by atoms with Crippen molar-refractivity contribution in [1.82, 2.24) is 0 Å². The van der Waals surface area contributed by atoms with E-state index in [1.807, 2.05) is 11.8 Å². The Morgan fingerprint density at radius 3 is 3.00 bits per heavy atom. The van der Waals surface area contributed by atoms with E-state index in [2.05, 4.69) is 5.38 Å². The summed E-state index contributed by atoms with van der Waals surface area (Å²) >= 11 is 5.22. The van der Waals surface area contributed by atoms with Gasteiger partial charge >= 0.3 is 0 Å². The number of hydrogen-bond acceptors (Lipinski definition) is 4. The van der Waals surface area contributed by atoms with Crippen molar-refractivity contribution in [1.29, 1.82) is 0 Å². The smallest absolute Gasteiger partial charge is 0.161 e. The van der Waals surface area contributed by atoms with Crippen LogP contribution in [0.5, 0.6) is 0 Å². The Morgan fingerprint density at radius 1 is 1.36 bits per heavy atom. The molecule has 0 saturated heterocycles. The van der Waals surface area contributed by atoms with Gasteiger partial charge < -0.3 is 0 Å². The third-order valence-electron chi connectivity index (χ3n) is 1.43. The molecule has 0 saturated carbocycles. The maximum absolute atomic E-state index is 10.5. The van der Waals surface area contributed by atoms with Gasteiger partial charge in [0.05, 0.1) is 4.88 Å². The molecule has 2 rings (SSSR count). The van der Waals surface area contributed by atoms with E-state index in [4.69, 9.17) is 0 Å². The van der Waals surface area contributed by atoms with Gasteiger partial charge in [0.2, 0.25) is 0 Å². The Hall–Kier alpha value is 0.0700. The van der Waals surface area contributed by atoms with Gasteiger partial charge in [0.1, 0.15) is 0 Å². The van der Waals surface area contributed by atoms with Crippen LogP contribution in [0.15, 0.2) is 15.2 Å². The maximum atomic E-state index is 10.5. The van der Waals surface area contributed by atoms with Crippen molar-refractivity contribution in [2.45, 2.75) is 9.79 Å². The maximum Gasteiger partial charge on any atom is 0.161 e. The molecule has 4 heteroatoms. The van der Waals surface area contributed by atoms with E-state index in [1.54, 1.807) is 23.1 Å². The molecule has 1 nitrogen and oxygen atoms in total. The van der Waals surface area contributed by atoms with Crippen LogP contribution in [0.4, 0.5) is 0 Å². The van der Waals surface area contributed by atoms with Gasteiger partial charge in [-0.05, 0) is 0 Å². The standard InChI is InChI=1S/C7H6OS3/c8-3-5-7-6(4-11-5)9-1-2-10-7/h3-4H,1-2H2. The molecule has 0 spiro atoms. The lowest BCUT2D eigenvalue weighted by molar-refractivity contribution is 0.112. The summed E-state index contributed by atoms with van der Waals surface area (Å²) in [5.41, 5.74) is 0. The molecule has 0 aromatic carbocycles. The zero-order valence-electron chi connectivity index (χ0n) is 5.70. The van der Waals surface area contributed by atoms with Gasteiger partial charge in [0.25, 0.3) is 0 Å². The molecule has 1 aromatic heterocycles. The number of hydrogen-bond donors (Lipinski definition) is 0. The first-order valence-corrected chi connectivity index (χ1v) is 6.09. The fourth-order valence-electron chi connectivity index (χ4n) is 0.964. The summed E-state index contributed by atoms with van der Waals surface area (Å²) < 4.78 is 0. The molecule has 0 atom stereocenters. The second-order valence-electron chi connectivity index (χ2n) is 2.11. The van der Waals surface area contributed by atoms with Gasteiger partial charge in [0.15, 0.2) is 6.29 Å². The molecule has 58 valence electrons. The Morgan fingerprint density at radius 2 is 2.18 bits per heavy atom. The first-order chi connectivity index (χ1) is 5.42. The van der Waals surface area contributed by atoms with Crippen LogP contribution in [-0.2, 0) is 0 Å². The van der Waals surface area contributed by atoms with Crippen molar-refractivity contribution in [2.24, 2.45) is 0 Å². The van der Waals surface area contributed by atoms with E-state index in [1.165, 1.54) is 15.5 Å². The van der Waals surface area contributed by atoms with E-state index < -0.39 is 0 Å². The monoisotopic (exact) mass is 202 g/mol. The SMILES string of the molecule is O=Cc1scc2c1SCCS2. The van der Waals surface area contributed by atoms with E-state index in [0.717, 1.165) is 16.9 Å². The van der Waals surface area contributed by atoms with Gasteiger partial charge in [-0.3, -0.25) is 4.79 Å². The van der Waals surface area contributed by atoms with E-state index in [-0.39, 0.29) is 0 Å². The second kappa shape index (κ2) is 3.21. The number of aldehydes is 1. The number of carbonyl (C=O) groups excluding carboxylic acids is 1. The number of thioether (sulfide) groups is 2. The van der Waals surface area contributed by atoms with Crippen molar-refractivity contribution >= 4 is 41.1 Å². The predicted octanol–water partition coefficient (Wildman–Crippen LogP) is 2.76. The van der Waals surface area contributed by atoms with Gasteiger partial charge in [-0.15, -0.1) is 34.9 Å². The molecule has 11 heavy (non-hydrogen) atoms. The average molecular weight is 202 g/mol. The number of fused-ring (bicyclic) bond motifs is 1. The molecule has 1 aliphatic rings. The van der Waals surface area contributed by atoms with Crippen LogP contribution in [0.25, 0.3) is 0 Å². The lowest BCUT2D eigenvalue weighted by Gasteiger charge is -2.09. The van der Waals surface area contributed by atoms with Crippen LogP contribution >= 0.6 is 34.9 Å². The molecule has 0 unspecified atom stereocenters. The van der Waals surface area contributed by atoms with Crippen molar-refractivity contribution in [3.8, 4) is 0 Å². The zero-order chi connectivity index (χ0) is 7.68. The van der Waals surface area contributed by atoms with Gasteiger partial charge in [0, 0.05) is 26.7 Å². The molecule has 2 heterocycles. The minimum absolute atomic E-state index is 0.900. The highest BCUT2D eigenvalue weighted by atomic mass is 32.2. The molecule has 0 aliphatic carbocycles. The molecule has 0 bridgehead atoms. The average Bonchev–Trinajstić information content (AvgIpc) is 2.47. The molecule has 0 amide bonds. The van der Waals surface area contributed by atoms with Crippen molar-refractivity contribution in [3.05, 3.63) is 10.3 Å². The van der Waals surface area contributed by atoms with Crippen LogP contribution in [0, 0.1) is 0 Å². The lowest BCUT2D eigenvalue weighted by Crippen LogP contribution is -1.92. The number of rotatable bonds is 1. The van der Waals surface area contributed by atoms with Crippen LogP contribution < -0.4 is 0 Å². The summed E-state index contributed by atoms with van der Waals surface area (Å²) in [6.45, 7) is 0. The number of carbonyl (C=O) groups is 1. The highest BCUT2D eigenvalue weighted by Crippen LogP contribution is 2.41. The first-order valence-electron chi connectivity index (χ1n) is 3.24. The third-order valence-corrected chi connectivity index (χ3v) is 5.19. The third kappa shape index (κ3) is 1.35. The molecule has 0 fully saturated rings. The van der Waals surface area contributed by atoms with Crippen molar-refractivity contribution in [2.75, 3.05) is 11.5 Å². The summed E-state index contributed by atoms with van der Waals surface area (Å²) in [6.07, 6.45) is 0.961. The molecule has 0 radical (unpaired) electrons.